The predicted molar refractivity (Wildman–Crippen MR) is 123 cm³/mol. The Balaban J connectivity index is 1.55. The molecule has 158 valence electrons. The van der Waals surface area contributed by atoms with Gasteiger partial charge in [0.25, 0.3) is 0 Å². The Hall–Kier alpha value is -3.40. The van der Waals surface area contributed by atoms with Crippen molar-refractivity contribution < 1.29 is 9.59 Å². The minimum atomic E-state index is -0.743. The molecule has 1 fully saturated rings. The van der Waals surface area contributed by atoms with E-state index in [9.17, 15) is 9.59 Å². The van der Waals surface area contributed by atoms with Crippen molar-refractivity contribution in [2.24, 2.45) is 11.1 Å². The van der Waals surface area contributed by atoms with Crippen molar-refractivity contribution in [2.75, 3.05) is 13.1 Å². The fourth-order valence-electron chi connectivity index (χ4n) is 4.56. The zero-order valence-electron chi connectivity index (χ0n) is 17.9. The van der Waals surface area contributed by atoms with Crippen LogP contribution in [0.5, 0.6) is 0 Å². The van der Waals surface area contributed by atoms with Crippen molar-refractivity contribution in [3.05, 3.63) is 95.6 Å². The molecule has 4 nitrogen and oxygen atoms in total. The highest BCUT2D eigenvalue weighted by Gasteiger charge is 2.45. The standard InChI is InChI=1S/C27H28N2O2/c1-20-8-7-9-21(16-20)17-25(30)29-15-14-27(19-29,26(28)31)18-23-12-5-6-13-24(23)22-10-3-2-4-11-22/h2-13,16H,14-15,17-19H2,1H3,(H2,28,31)/t27-/m0/s1. The highest BCUT2D eigenvalue weighted by atomic mass is 16.2. The molecular weight excluding hydrogens is 384 g/mol. The second-order valence-corrected chi connectivity index (χ2v) is 8.58. The van der Waals surface area contributed by atoms with Gasteiger partial charge in [0.1, 0.15) is 0 Å². The Morgan fingerprint density at radius 2 is 1.71 bits per heavy atom. The summed E-state index contributed by atoms with van der Waals surface area (Å²) in [5, 5.41) is 0. The minimum absolute atomic E-state index is 0.0464. The lowest BCUT2D eigenvalue weighted by Crippen LogP contribution is -2.42. The van der Waals surface area contributed by atoms with Crippen LogP contribution in [-0.4, -0.2) is 29.8 Å². The van der Waals surface area contributed by atoms with Gasteiger partial charge in [0.05, 0.1) is 11.8 Å². The van der Waals surface area contributed by atoms with Crippen LogP contribution in [0.3, 0.4) is 0 Å². The smallest absolute Gasteiger partial charge is 0.227 e. The van der Waals surface area contributed by atoms with Gasteiger partial charge in [-0.25, -0.2) is 0 Å². The fraction of sp³-hybridized carbons (Fsp3) is 0.259. The molecule has 0 unspecified atom stereocenters. The van der Waals surface area contributed by atoms with Crippen LogP contribution in [-0.2, 0) is 22.4 Å². The third kappa shape index (κ3) is 4.53. The van der Waals surface area contributed by atoms with Gasteiger partial charge < -0.3 is 10.6 Å². The number of carbonyl (C=O) groups excluding carboxylic acids is 2. The molecule has 0 bridgehead atoms. The van der Waals surface area contributed by atoms with Gasteiger partial charge in [-0.2, -0.15) is 0 Å². The van der Waals surface area contributed by atoms with E-state index in [-0.39, 0.29) is 11.8 Å². The fourth-order valence-corrected chi connectivity index (χ4v) is 4.56. The first kappa shape index (κ1) is 20.9. The van der Waals surface area contributed by atoms with E-state index in [1.807, 2.05) is 61.5 Å². The molecule has 4 heteroatoms. The SMILES string of the molecule is Cc1cccc(CC(=O)N2CC[C@@](Cc3ccccc3-c3ccccc3)(C(N)=O)C2)c1. The Morgan fingerprint density at radius 1 is 0.968 bits per heavy atom. The summed E-state index contributed by atoms with van der Waals surface area (Å²) in [6.45, 7) is 2.95. The van der Waals surface area contributed by atoms with Gasteiger partial charge in [-0.05, 0) is 42.0 Å². The van der Waals surface area contributed by atoms with Crippen LogP contribution in [0.25, 0.3) is 11.1 Å². The number of aryl methyl sites for hydroxylation is 1. The van der Waals surface area contributed by atoms with Gasteiger partial charge in [0, 0.05) is 13.1 Å². The van der Waals surface area contributed by atoms with Gasteiger partial charge in [-0.15, -0.1) is 0 Å². The number of benzene rings is 3. The first-order valence-electron chi connectivity index (χ1n) is 10.7. The molecule has 2 N–H and O–H groups in total. The molecule has 0 saturated carbocycles. The lowest BCUT2D eigenvalue weighted by atomic mass is 9.78. The number of rotatable bonds is 6. The van der Waals surface area contributed by atoms with Gasteiger partial charge >= 0.3 is 0 Å². The Bertz CT molecular complexity index is 1090. The third-order valence-corrected chi connectivity index (χ3v) is 6.30. The van der Waals surface area contributed by atoms with Crippen LogP contribution in [0.4, 0.5) is 0 Å². The summed E-state index contributed by atoms with van der Waals surface area (Å²) in [5.41, 5.74) is 10.6. The van der Waals surface area contributed by atoms with E-state index in [4.69, 9.17) is 5.73 Å². The normalized spacial score (nSPS) is 18.2. The molecule has 2 amide bonds. The molecule has 4 rings (SSSR count). The third-order valence-electron chi connectivity index (χ3n) is 6.30. The van der Waals surface area contributed by atoms with E-state index in [0.717, 1.165) is 27.8 Å². The van der Waals surface area contributed by atoms with Gasteiger partial charge in [0.2, 0.25) is 11.8 Å². The second-order valence-electron chi connectivity index (χ2n) is 8.58. The van der Waals surface area contributed by atoms with E-state index in [1.54, 1.807) is 4.90 Å². The summed E-state index contributed by atoms with van der Waals surface area (Å²) in [5.74, 6) is -0.286. The summed E-state index contributed by atoms with van der Waals surface area (Å²) >= 11 is 0. The van der Waals surface area contributed by atoms with Crippen molar-refractivity contribution >= 4 is 11.8 Å². The Kier molecular flexibility index (Phi) is 5.90. The van der Waals surface area contributed by atoms with Crippen LogP contribution in [0, 0.1) is 12.3 Å². The first-order chi connectivity index (χ1) is 15.0. The number of primary amides is 1. The van der Waals surface area contributed by atoms with Crippen molar-refractivity contribution in [2.45, 2.75) is 26.2 Å². The topological polar surface area (TPSA) is 63.4 Å². The minimum Gasteiger partial charge on any atom is -0.369 e. The molecule has 0 aromatic heterocycles. The monoisotopic (exact) mass is 412 g/mol. The molecule has 1 aliphatic heterocycles. The number of nitrogens with zero attached hydrogens (tertiary/aromatic N) is 1. The van der Waals surface area contributed by atoms with Crippen LogP contribution in [0.15, 0.2) is 78.9 Å². The lowest BCUT2D eigenvalue weighted by Gasteiger charge is -2.27. The first-order valence-corrected chi connectivity index (χ1v) is 10.7. The molecule has 0 spiro atoms. The number of nitrogens with two attached hydrogens (primary N) is 1. The quantitative estimate of drug-likeness (QED) is 0.661. The predicted octanol–water partition coefficient (Wildman–Crippen LogP) is 4.15. The highest BCUT2D eigenvalue weighted by molar-refractivity contribution is 5.85. The van der Waals surface area contributed by atoms with Crippen LogP contribution in [0.2, 0.25) is 0 Å². The number of amides is 2. The molecule has 0 aliphatic carbocycles. The van der Waals surface area contributed by atoms with Gasteiger partial charge in [0.15, 0.2) is 0 Å². The van der Waals surface area contributed by atoms with E-state index < -0.39 is 5.41 Å². The number of likely N-dealkylation sites (tertiary alicyclic amines) is 1. The zero-order valence-corrected chi connectivity index (χ0v) is 17.9. The van der Waals surface area contributed by atoms with Crippen LogP contribution >= 0.6 is 0 Å². The molecular formula is C27H28N2O2. The summed E-state index contributed by atoms with van der Waals surface area (Å²) in [6.07, 6.45) is 1.46. The van der Waals surface area contributed by atoms with Crippen LogP contribution in [0.1, 0.15) is 23.1 Å². The van der Waals surface area contributed by atoms with E-state index in [0.29, 0.717) is 32.4 Å². The molecule has 1 heterocycles. The molecule has 1 aliphatic rings. The maximum Gasteiger partial charge on any atom is 0.227 e. The van der Waals surface area contributed by atoms with Crippen molar-refractivity contribution in [1.82, 2.24) is 4.90 Å². The number of hydrogen-bond donors (Lipinski definition) is 1. The summed E-state index contributed by atoms with van der Waals surface area (Å²) in [4.78, 5) is 27.4. The second kappa shape index (κ2) is 8.76. The highest BCUT2D eigenvalue weighted by Crippen LogP contribution is 2.37. The molecule has 3 aromatic carbocycles. The van der Waals surface area contributed by atoms with Crippen molar-refractivity contribution in [1.29, 1.82) is 0 Å². The van der Waals surface area contributed by atoms with E-state index >= 15 is 0 Å². The average Bonchev–Trinajstić information content (AvgIpc) is 3.21. The molecule has 31 heavy (non-hydrogen) atoms. The molecule has 1 saturated heterocycles. The Morgan fingerprint density at radius 3 is 2.45 bits per heavy atom. The average molecular weight is 413 g/mol. The maximum atomic E-state index is 13.0. The van der Waals surface area contributed by atoms with Gasteiger partial charge in [-0.1, -0.05) is 84.4 Å². The van der Waals surface area contributed by atoms with Gasteiger partial charge in [-0.3, -0.25) is 9.59 Å². The lowest BCUT2D eigenvalue weighted by molar-refractivity contribution is -0.131. The number of carbonyl (C=O) groups is 2. The molecule has 1 atom stereocenters. The molecule has 0 radical (unpaired) electrons. The zero-order chi connectivity index (χ0) is 21.8. The van der Waals surface area contributed by atoms with E-state index in [2.05, 4.69) is 24.3 Å². The van der Waals surface area contributed by atoms with Crippen molar-refractivity contribution in [3.63, 3.8) is 0 Å². The van der Waals surface area contributed by atoms with E-state index in [1.165, 1.54) is 0 Å². The number of hydrogen-bond acceptors (Lipinski definition) is 2. The molecule has 3 aromatic rings. The summed E-state index contributed by atoms with van der Waals surface area (Å²) in [7, 11) is 0. The summed E-state index contributed by atoms with van der Waals surface area (Å²) in [6, 6.07) is 26.3. The Labute approximate surface area is 183 Å². The largest absolute Gasteiger partial charge is 0.369 e. The van der Waals surface area contributed by atoms with Crippen LogP contribution < -0.4 is 5.73 Å². The van der Waals surface area contributed by atoms with Crippen molar-refractivity contribution in [3.8, 4) is 11.1 Å². The maximum absolute atomic E-state index is 13.0. The summed E-state index contributed by atoms with van der Waals surface area (Å²) < 4.78 is 0.